The first-order valence-electron chi connectivity index (χ1n) is 7.63. The van der Waals surface area contributed by atoms with E-state index in [0.717, 1.165) is 8.47 Å². The minimum atomic E-state index is -1.21. The van der Waals surface area contributed by atoms with E-state index in [1.807, 2.05) is 18.2 Å². The van der Waals surface area contributed by atoms with E-state index in [4.69, 9.17) is 4.74 Å². The van der Waals surface area contributed by atoms with Crippen LogP contribution in [0.5, 0.6) is 5.75 Å². The van der Waals surface area contributed by atoms with Crippen LogP contribution in [0.4, 0.5) is 16.2 Å². The van der Waals surface area contributed by atoms with Crippen molar-refractivity contribution < 1.29 is 19.1 Å². The molecule has 1 saturated heterocycles. The molecule has 2 aromatic carbocycles. The van der Waals surface area contributed by atoms with Crippen LogP contribution in [0.2, 0.25) is 0 Å². The maximum Gasteiger partial charge on any atom is 0.335 e. The van der Waals surface area contributed by atoms with E-state index in [0.29, 0.717) is 11.4 Å². The molecule has 26 heavy (non-hydrogen) atoms. The molecule has 0 spiro atoms. The third kappa shape index (κ3) is 3.45. The number of barbiturate groups is 1. The van der Waals surface area contributed by atoms with Crippen LogP contribution >= 0.6 is 22.6 Å². The second-order valence-electron chi connectivity index (χ2n) is 5.35. The number of aliphatic imine (C=N–C) groups is 1. The Bertz CT molecular complexity index is 913. The number of carbonyl (C=O) groups is 3. The molecule has 4 amide bonds. The van der Waals surface area contributed by atoms with E-state index in [9.17, 15) is 14.4 Å². The molecular weight excluding hydrogens is 449 g/mol. The zero-order chi connectivity index (χ0) is 18.7. The van der Waals surface area contributed by atoms with Gasteiger partial charge in [-0.25, -0.2) is 9.69 Å². The van der Waals surface area contributed by atoms with Gasteiger partial charge in [0.05, 0.1) is 18.5 Å². The summed E-state index contributed by atoms with van der Waals surface area (Å²) in [5.74, 6) is -2.26. The van der Waals surface area contributed by atoms with E-state index in [2.05, 4.69) is 32.9 Å². The molecule has 0 bridgehead atoms. The molecule has 0 aliphatic carbocycles. The third-order valence-electron chi connectivity index (χ3n) is 3.74. The lowest BCUT2D eigenvalue weighted by Crippen LogP contribution is -2.58. The molecule has 2 aromatic rings. The molecule has 1 aliphatic heterocycles. The van der Waals surface area contributed by atoms with E-state index in [1.165, 1.54) is 13.3 Å². The predicted molar refractivity (Wildman–Crippen MR) is 105 cm³/mol. The number of hydrogen-bond donors (Lipinski definition) is 1. The number of methoxy groups -OCH3 is 1. The molecule has 0 aromatic heterocycles. The van der Waals surface area contributed by atoms with Crippen molar-refractivity contribution in [2.24, 2.45) is 10.9 Å². The maximum atomic E-state index is 12.8. The van der Waals surface area contributed by atoms with E-state index in [1.54, 1.807) is 30.3 Å². The Morgan fingerprint density at radius 2 is 1.81 bits per heavy atom. The summed E-state index contributed by atoms with van der Waals surface area (Å²) in [5, 5.41) is 2.19. The number of urea groups is 1. The summed E-state index contributed by atoms with van der Waals surface area (Å²) in [4.78, 5) is 42.3. The standard InChI is InChI=1S/C18H14IN3O4/c1-26-15-9-5-4-8-14(15)22-17(24)11(16(23)21-18(22)25)10-20-13-7-3-2-6-12(13)19/h2-11H,1H3,(H,21,23,25)/t11-/m0/s1. The Balaban J connectivity index is 1.95. The maximum absolute atomic E-state index is 12.8. The molecule has 0 unspecified atom stereocenters. The number of halogens is 1. The average Bonchev–Trinajstić information content (AvgIpc) is 2.63. The van der Waals surface area contributed by atoms with Crippen molar-refractivity contribution in [1.82, 2.24) is 5.32 Å². The van der Waals surface area contributed by atoms with E-state index in [-0.39, 0.29) is 5.69 Å². The van der Waals surface area contributed by atoms with Crippen LogP contribution in [0.1, 0.15) is 0 Å². The number of imide groups is 2. The van der Waals surface area contributed by atoms with Gasteiger partial charge in [-0.1, -0.05) is 24.3 Å². The predicted octanol–water partition coefficient (Wildman–Crippen LogP) is 2.90. The summed E-state index contributed by atoms with van der Waals surface area (Å²) >= 11 is 2.11. The fourth-order valence-electron chi connectivity index (χ4n) is 2.48. The van der Waals surface area contributed by atoms with Gasteiger partial charge in [-0.2, -0.15) is 0 Å². The number of rotatable bonds is 4. The second-order valence-corrected chi connectivity index (χ2v) is 6.51. The molecule has 0 radical (unpaired) electrons. The fraction of sp³-hybridized carbons (Fsp3) is 0.111. The normalized spacial score (nSPS) is 17.5. The van der Waals surface area contributed by atoms with Crippen LogP contribution in [-0.2, 0) is 9.59 Å². The summed E-state index contributed by atoms with van der Waals surface area (Å²) in [7, 11) is 1.44. The van der Waals surface area contributed by atoms with Gasteiger partial charge >= 0.3 is 6.03 Å². The lowest BCUT2D eigenvalue weighted by Gasteiger charge is -2.29. The van der Waals surface area contributed by atoms with Crippen LogP contribution in [-0.4, -0.2) is 31.2 Å². The second kappa shape index (κ2) is 7.65. The van der Waals surface area contributed by atoms with Crippen LogP contribution in [0.25, 0.3) is 0 Å². The smallest absolute Gasteiger partial charge is 0.335 e. The fourth-order valence-corrected chi connectivity index (χ4v) is 3.00. The lowest BCUT2D eigenvalue weighted by atomic mass is 10.1. The summed E-state index contributed by atoms with van der Waals surface area (Å²) in [6.07, 6.45) is 1.25. The Labute approximate surface area is 163 Å². The highest BCUT2D eigenvalue weighted by atomic mass is 127. The average molecular weight is 463 g/mol. The number of anilines is 1. The van der Waals surface area contributed by atoms with Gasteiger partial charge in [0, 0.05) is 9.78 Å². The highest BCUT2D eigenvalue weighted by molar-refractivity contribution is 14.1. The zero-order valence-corrected chi connectivity index (χ0v) is 15.8. The minimum Gasteiger partial charge on any atom is -0.495 e. The Morgan fingerprint density at radius 1 is 1.12 bits per heavy atom. The van der Waals surface area contributed by atoms with Crippen LogP contribution in [0, 0.1) is 9.49 Å². The van der Waals surface area contributed by atoms with Gasteiger partial charge in [0.2, 0.25) is 5.91 Å². The van der Waals surface area contributed by atoms with Gasteiger partial charge in [0.15, 0.2) is 5.92 Å². The Morgan fingerprint density at radius 3 is 2.54 bits per heavy atom. The number of para-hydroxylation sites is 3. The first-order valence-corrected chi connectivity index (χ1v) is 8.71. The van der Waals surface area contributed by atoms with Gasteiger partial charge in [0.1, 0.15) is 5.75 Å². The Hall–Kier alpha value is -2.75. The molecule has 3 rings (SSSR count). The first kappa shape index (κ1) is 18.1. The number of hydrogen-bond acceptors (Lipinski definition) is 5. The number of nitrogens with one attached hydrogen (secondary N) is 1. The highest BCUT2D eigenvalue weighted by Crippen LogP contribution is 2.30. The van der Waals surface area contributed by atoms with Crippen molar-refractivity contribution in [2.75, 3.05) is 12.0 Å². The molecular formula is C18H14IN3O4. The quantitative estimate of drug-likeness (QED) is 0.429. The molecule has 1 heterocycles. The molecule has 1 aliphatic rings. The molecule has 132 valence electrons. The highest BCUT2D eigenvalue weighted by Gasteiger charge is 2.41. The molecule has 0 saturated carbocycles. The minimum absolute atomic E-state index is 0.262. The van der Waals surface area contributed by atoms with Gasteiger partial charge in [-0.05, 0) is 46.9 Å². The zero-order valence-electron chi connectivity index (χ0n) is 13.7. The summed E-state index contributed by atoms with van der Waals surface area (Å²) in [5.41, 5.74) is 0.895. The number of amides is 4. The molecule has 1 fully saturated rings. The molecule has 1 atom stereocenters. The first-order chi connectivity index (χ1) is 12.5. The molecule has 7 nitrogen and oxygen atoms in total. The number of ether oxygens (including phenoxy) is 1. The topological polar surface area (TPSA) is 88.1 Å². The van der Waals surface area contributed by atoms with Crippen molar-refractivity contribution in [1.29, 1.82) is 0 Å². The molecule has 1 N–H and O–H groups in total. The van der Waals surface area contributed by atoms with Crippen LogP contribution in [0.3, 0.4) is 0 Å². The summed E-state index contributed by atoms with van der Waals surface area (Å²) in [6, 6.07) is 13.1. The molecule has 8 heteroatoms. The van der Waals surface area contributed by atoms with Crippen LogP contribution in [0.15, 0.2) is 53.5 Å². The van der Waals surface area contributed by atoms with Crippen LogP contribution < -0.4 is 15.0 Å². The van der Waals surface area contributed by atoms with Crippen molar-refractivity contribution in [2.45, 2.75) is 0 Å². The van der Waals surface area contributed by atoms with Gasteiger partial charge in [0.25, 0.3) is 5.91 Å². The van der Waals surface area contributed by atoms with Crippen molar-refractivity contribution in [3.05, 3.63) is 52.1 Å². The van der Waals surface area contributed by atoms with E-state index < -0.39 is 23.8 Å². The summed E-state index contributed by atoms with van der Waals surface area (Å²) < 4.78 is 6.09. The Kier molecular flexibility index (Phi) is 5.31. The van der Waals surface area contributed by atoms with Gasteiger partial charge < -0.3 is 4.74 Å². The van der Waals surface area contributed by atoms with Crippen molar-refractivity contribution in [3.63, 3.8) is 0 Å². The number of carbonyl (C=O) groups excluding carboxylic acids is 3. The monoisotopic (exact) mass is 463 g/mol. The van der Waals surface area contributed by atoms with Crippen molar-refractivity contribution >= 4 is 58.0 Å². The SMILES string of the molecule is COc1ccccc1N1C(=O)NC(=O)[C@H](C=Nc2ccccc2I)C1=O. The lowest BCUT2D eigenvalue weighted by molar-refractivity contribution is -0.131. The largest absolute Gasteiger partial charge is 0.495 e. The van der Waals surface area contributed by atoms with Crippen molar-refractivity contribution in [3.8, 4) is 5.75 Å². The summed E-state index contributed by atoms with van der Waals surface area (Å²) in [6.45, 7) is 0. The van der Waals surface area contributed by atoms with E-state index >= 15 is 0 Å². The van der Waals surface area contributed by atoms with Gasteiger partial charge in [-0.15, -0.1) is 0 Å². The van der Waals surface area contributed by atoms with Gasteiger partial charge in [-0.3, -0.25) is 19.9 Å². The number of benzene rings is 2. The third-order valence-corrected chi connectivity index (χ3v) is 4.66. The number of nitrogens with zero attached hydrogens (tertiary/aromatic N) is 2.